The fraction of sp³-hybridized carbons (Fsp3) is 0.182. The first-order valence-corrected chi connectivity index (χ1v) is 9.18. The van der Waals surface area contributed by atoms with Gasteiger partial charge in [-0.15, -0.1) is 0 Å². The molecule has 0 atom stereocenters. The zero-order valence-electron chi connectivity index (χ0n) is 15.8. The molecule has 1 heterocycles. The fourth-order valence-corrected chi connectivity index (χ4v) is 3.36. The minimum absolute atomic E-state index is 0.0628. The molecule has 0 unspecified atom stereocenters. The van der Waals surface area contributed by atoms with Crippen LogP contribution >= 0.6 is 0 Å². The van der Waals surface area contributed by atoms with Crippen molar-refractivity contribution in [1.82, 2.24) is 0 Å². The Morgan fingerprint density at radius 1 is 0.806 bits per heavy atom. The Hall–Kier alpha value is -3.23. The molecule has 0 aliphatic rings. The summed E-state index contributed by atoms with van der Waals surface area (Å²) >= 11 is 0. The number of hydrogen-bond acceptors (Lipinski definition) is 2. The molecule has 0 amide bonds. The lowest BCUT2D eigenvalue weighted by Crippen LogP contribution is -2.23. The maximum Gasteiger partial charge on any atom is 0.429 e. The van der Waals surface area contributed by atoms with Crippen LogP contribution in [0.15, 0.2) is 40.8 Å². The molecular weight excluding hydrogens is 429 g/mol. The molecule has 9 heteroatoms. The Morgan fingerprint density at radius 3 is 2.00 bits per heavy atom. The molecule has 0 saturated carbocycles. The highest BCUT2D eigenvalue weighted by Gasteiger charge is 2.39. The molecule has 1 aromatic heterocycles. The van der Waals surface area contributed by atoms with Gasteiger partial charge in [0.25, 0.3) is 0 Å². The predicted molar refractivity (Wildman–Crippen MR) is 98.5 cm³/mol. The van der Waals surface area contributed by atoms with Crippen LogP contribution in [0.1, 0.15) is 24.5 Å². The number of fused-ring (bicyclic) bond motifs is 3. The second-order valence-corrected chi connectivity index (χ2v) is 6.89. The number of ether oxygens (including phenoxy) is 1. The molecule has 31 heavy (non-hydrogen) atoms. The number of benzene rings is 3. The van der Waals surface area contributed by atoms with Gasteiger partial charge in [-0.3, -0.25) is 0 Å². The quantitative estimate of drug-likeness (QED) is 0.238. The lowest BCUT2D eigenvalue weighted by Gasteiger charge is -2.19. The molecule has 0 aliphatic heterocycles. The molecule has 3 aromatic carbocycles. The monoisotopic (exact) mass is 442 g/mol. The van der Waals surface area contributed by atoms with Crippen molar-refractivity contribution in [1.29, 1.82) is 0 Å². The molecule has 0 spiro atoms. The molecule has 0 bridgehead atoms. The summed E-state index contributed by atoms with van der Waals surface area (Å²) in [5.74, 6) is -8.67. The summed E-state index contributed by atoms with van der Waals surface area (Å²) in [5, 5.41) is 0.262. The standard InChI is InChI=1S/C22H13F7O2/c1-2-3-10-4-5-12-13-6-7-14(18(26)21(13)30-20(12)17(10)25)22(28,29)31-11-8-15(23)19(27)16(24)9-11/h4-9H,2-3H2,1H3. The Balaban J connectivity index is 1.81. The van der Waals surface area contributed by atoms with Gasteiger partial charge < -0.3 is 9.15 Å². The van der Waals surface area contributed by atoms with E-state index < -0.39 is 52.1 Å². The van der Waals surface area contributed by atoms with Crippen molar-refractivity contribution in [2.75, 3.05) is 0 Å². The third-order valence-corrected chi connectivity index (χ3v) is 4.80. The predicted octanol–water partition coefficient (Wildman–Crippen LogP) is 7.36. The summed E-state index contributed by atoms with van der Waals surface area (Å²) in [6.45, 7) is 1.84. The number of furan rings is 1. The summed E-state index contributed by atoms with van der Waals surface area (Å²) in [7, 11) is 0. The number of rotatable bonds is 5. The van der Waals surface area contributed by atoms with Gasteiger partial charge in [-0.05, 0) is 30.2 Å². The zero-order chi connectivity index (χ0) is 22.5. The lowest BCUT2D eigenvalue weighted by molar-refractivity contribution is -0.187. The molecule has 0 radical (unpaired) electrons. The highest BCUT2D eigenvalue weighted by molar-refractivity contribution is 6.05. The van der Waals surface area contributed by atoms with E-state index >= 15 is 0 Å². The number of alkyl halides is 2. The molecule has 4 aromatic rings. The Bertz CT molecular complexity index is 1290. The van der Waals surface area contributed by atoms with Crippen molar-refractivity contribution in [3.05, 3.63) is 76.6 Å². The molecule has 162 valence electrons. The number of halogens is 7. The zero-order valence-corrected chi connectivity index (χ0v) is 15.8. The van der Waals surface area contributed by atoms with E-state index in [0.29, 0.717) is 24.5 Å². The van der Waals surface area contributed by atoms with Crippen molar-refractivity contribution in [2.24, 2.45) is 0 Å². The first kappa shape index (κ1) is 21.0. The first-order valence-electron chi connectivity index (χ1n) is 9.18. The SMILES string of the molecule is CCCc1ccc2c(oc3c(F)c(C(F)(F)Oc4cc(F)c(F)c(F)c4)ccc32)c1F. The smallest absolute Gasteiger partial charge is 0.429 e. The highest BCUT2D eigenvalue weighted by atomic mass is 19.3. The number of aryl methyl sites for hydroxylation is 1. The fourth-order valence-electron chi connectivity index (χ4n) is 3.36. The second kappa shape index (κ2) is 7.47. The van der Waals surface area contributed by atoms with Gasteiger partial charge in [-0.25, -0.2) is 22.0 Å². The van der Waals surface area contributed by atoms with Crippen molar-refractivity contribution in [3.8, 4) is 5.75 Å². The molecular formula is C22H13F7O2. The van der Waals surface area contributed by atoms with Crippen LogP contribution in [-0.2, 0) is 12.5 Å². The summed E-state index contributed by atoms with van der Waals surface area (Å²) in [6.07, 6.45) is -3.35. The first-order chi connectivity index (χ1) is 14.6. The van der Waals surface area contributed by atoms with E-state index in [1.807, 2.05) is 6.92 Å². The third kappa shape index (κ3) is 3.47. The van der Waals surface area contributed by atoms with Gasteiger partial charge in [0.2, 0.25) is 0 Å². The van der Waals surface area contributed by atoms with Crippen LogP contribution in [0.2, 0.25) is 0 Å². The summed E-state index contributed by atoms with van der Waals surface area (Å²) in [5.41, 5.74) is -1.87. The van der Waals surface area contributed by atoms with Crippen LogP contribution in [0.3, 0.4) is 0 Å². The van der Waals surface area contributed by atoms with Crippen LogP contribution in [0.5, 0.6) is 5.75 Å². The van der Waals surface area contributed by atoms with E-state index in [0.717, 1.165) is 6.07 Å². The normalized spacial score (nSPS) is 12.1. The molecule has 4 rings (SSSR count). The second-order valence-electron chi connectivity index (χ2n) is 6.89. The van der Waals surface area contributed by atoms with Crippen LogP contribution in [0.25, 0.3) is 21.9 Å². The molecule has 0 aliphatic carbocycles. The number of hydrogen-bond donors (Lipinski definition) is 0. The lowest BCUT2D eigenvalue weighted by atomic mass is 10.0. The Kier molecular flexibility index (Phi) is 5.07. The Morgan fingerprint density at radius 2 is 1.39 bits per heavy atom. The van der Waals surface area contributed by atoms with E-state index in [4.69, 9.17) is 4.42 Å². The van der Waals surface area contributed by atoms with Gasteiger partial charge in [-0.2, -0.15) is 8.78 Å². The van der Waals surface area contributed by atoms with Crippen LogP contribution in [0.4, 0.5) is 30.7 Å². The highest BCUT2D eigenvalue weighted by Crippen LogP contribution is 2.40. The largest absolute Gasteiger partial charge is 0.450 e. The van der Waals surface area contributed by atoms with E-state index in [2.05, 4.69) is 4.74 Å². The van der Waals surface area contributed by atoms with Gasteiger partial charge in [0.15, 0.2) is 40.3 Å². The molecule has 0 N–H and O–H groups in total. The van der Waals surface area contributed by atoms with Gasteiger partial charge in [0.05, 0.1) is 0 Å². The topological polar surface area (TPSA) is 22.4 Å². The summed E-state index contributed by atoms with van der Waals surface area (Å²) < 4.78 is 108. The average Bonchev–Trinajstić information content (AvgIpc) is 3.08. The molecule has 0 fully saturated rings. The van der Waals surface area contributed by atoms with Crippen molar-refractivity contribution in [3.63, 3.8) is 0 Å². The van der Waals surface area contributed by atoms with E-state index in [-0.39, 0.29) is 28.5 Å². The van der Waals surface area contributed by atoms with Crippen LogP contribution in [-0.4, -0.2) is 0 Å². The van der Waals surface area contributed by atoms with Crippen molar-refractivity contribution < 1.29 is 39.9 Å². The maximum atomic E-state index is 14.9. The van der Waals surface area contributed by atoms with Gasteiger partial charge in [-0.1, -0.05) is 19.4 Å². The van der Waals surface area contributed by atoms with Crippen LogP contribution in [0, 0.1) is 29.1 Å². The summed E-state index contributed by atoms with van der Waals surface area (Å²) in [6, 6.07) is 5.22. The van der Waals surface area contributed by atoms with Crippen LogP contribution < -0.4 is 4.74 Å². The molecule has 0 saturated heterocycles. The van der Waals surface area contributed by atoms with E-state index in [9.17, 15) is 30.7 Å². The minimum atomic E-state index is -4.40. The minimum Gasteiger partial charge on any atom is -0.450 e. The molecule has 2 nitrogen and oxygen atoms in total. The van der Waals surface area contributed by atoms with Crippen molar-refractivity contribution in [2.45, 2.75) is 25.9 Å². The van der Waals surface area contributed by atoms with Crippen molar-refractivity contribution >= 4 is 21.9 Å². The van der Waals surface area contributed by atoms with E-state index in [1.54, 1.807) is 0 Å². The maximum absolute atomic E-state index is 14.9. The van der Waals surface area contributed by atoms with Gasteiger partial charge >= 0.3 is 6.11 Å². The van der Waals surface area contributed by atoms with Gasteiger partial charge in [0.1, 0.15) is 11.3 Å². The Labute approximate surface area is 170 Å². The average molecular weight is 442 g/mol. The third-order valence-electron chi connectivity index (χ3n) is 4.80. The summed E-state index contributed by atoms with van der Waals surface area (Å²) in [4.78, 5) is 0. The van der Waals surface area contributed by atoms with Gasteiger partial charge in [0, 0.05) is 22.9 Å². The van der Waals surface area contributed by atoms with E-state index in [1.165, 1.54) is 12.1 Å².